The quantitative estimate of drug-likeness (QED) is 0.334. The van der Waals surface area contributed by atoms with E-state index in [1.807, 2.05) is 54.5 Å². The second-order valence-corrected chi connectivity index (χ2v) is 12.0. The average molecular weight is 572 g/mol. The van der Waals surface area contributed by atoms with E-state index in [1.165, 1.54) is 0 Å². The normalized spacial score (nSPS) is 19.0. The van der Waals surface area contributed by atoms with E-state index in [0.29, 0.717) is 43.0 Å². The lowest BCUT2D eigenvalue weighted by Gasteiger charge is -2.27. The van der Waals surface area contributed by atoms with Gasteiger partial charge in [-0.1, -0.05) is 30.3 Å². The second-order valence-electron chi connectivity index (χ2n) is 11.1. The van der Waals surface area contributed by atoms with Gasteiger partial charge in [0.25, 0.3) is 11.8 Å². The lowest BCUT2D eigenvalue weighted by molar-refractivity contribution is -0.119. The minimum Gasteiger partial charge on any atom is -0.417 e. The molecule has 2 atom stereocenters. The first kappa shape index (κ1) is 27.2. The number of piperidine rings is 1. The number of hydrogen-bond acceptors (Lipinski definition) is 9. The predicted octanol–water partition coefficient (Wildman–Crippen LogP) is 4.81. The van der Waals surface area contributed by atoms with Crippen LogP contribution in [-0.2, 0) is 16.8 Å². The maximum atomic E-state index is 14.0. The van der Waals surface area contributed by atoms with Crippen molar-refractivity contribution in [2.45, 2.75) is 64.0 Å². The number of hydrogen-bond donors (Lipinski definition) is 1. The summed E-state index contributed by atoms with van der Waals surface area (Å²) in [5.41, 5.74) is 8.46. The Hall–Kier alpha value is -3.96. The number of amides is 2. The number of carbonyl (C=O) groups is 2. The molecule has 4 aromatic rings. The maximum Gasteiger partial charge on any atom is 0.266 e. The van der Waals surface area contributed by atoms with Crippen molar-refractivity contribution in [3.8, 4) is 11.6 Å². The second kappa shape index (κ2) is 11.1. The zero-order valence-corrected chi connectivity index (χ0v) is 24.1. The van der Waals surface area contributed by atoms with Crippen LogP contribution >= 0.6 is 11.3 Å². The van der Waals surface area contributed by atoms with Gasteiger partial charge in [0, 0.05) is 36.1 Å². The van der Waals surface area contributed by atoms with Crippen molar-refractivity contribution in [1.29, 1.82) is 0 Å². The van der Waals surface area contributed by atoms with E-state index in [0.717, 1.165) is 41.9 Å². The fraction of sp³-hybridized carbons (Fsp3) is 0.400. The molecule has 11 heteroatoms. The monoisotopic (exact) mass is 571 g/mol. The van der Waals surface area contributed by atoms with E-state index in [9.17, 15) is 9.59 Å². The van der Waals surface area contributed by atoms with Crippen LogP contribution in [0.2, 0.25) is 0 Å². The molecular weight excluding hydrogens is 538 g/mol. The van der Waals surface area contributed by atoms with Crippen LogP contribution in [-0.4, -0.2) is 50.0 Å². The van der Waals surface area contributed by atoms with Gasteiger partial charge in [0.1, 0.15) is 16.5 Å². The van der Waals surface area contributed by atoms with Crippen LogP contribution in [0.5, 0.6) is 0 Å². The smallest absolute Gasteiger partial charge is 0.266 e. The predicted molar refractivity (Wildman–Crippen MR) is 155 cm³/mol. The minimum atomic E-state index is -0.916. The molecule has 0 radical (unpaired) electrons. The molecule has 2 N–H and O–H groups in total. The summed E-state index contributed by atoms with van der Waals surface area (Å²) in [4.78, 5) is 39.7. The molecule has 0 unspecified atom stereocenters. The molecule has 2 saturated heterocycles. The van der Waals surface area contributed by atoms with E-state index in [-0.39, 0.29) is 29.6 Å². The Morgan fingerprint density at radius 2 is 1.95 bits per heavy atom. The minimum absolute atomic E-state index is 0.0137. The Labute approximate surface area is 242 Å². The van der Waals surface area contributed by atoms with E-state index in [4.69, 9.17) is 15.1 Å². The first-order chi connectivity index (χ1) is 19.8. The van der Waals surface area contributed by atoms with Gasteiger partial charge < -0.3 is 15.1 Å². The van der Waals surface area contributed by atoms with E-state index < -0.39 is 5.54 Å². The van der Waals surface area contributed by atoms with Gasteiger partial charge in [-0.3, -0.25) is 14.5 Å². The number of carbonyl (C=O) groups excluding carboxylic acids is 2. The summed E-state index contributed by atoms with van der Waals surface area (Å²) < 4.78 is 6.08. The molecule has 0 saturated carbocycles. The highest BCUT2D eigenvalue weighted by molar-refractivity contribution is 7.09. The molecular formula is C30H33N7O3S. The standard InChI is InChI=1S/C30H33N7O3S/c1-19-18-41-27(32-19)23-11-8-14-36(23)28(39)21-15-22(33-24(16-21)37-13-7-6-12-25(37)38)26-34-35-29(40-26)30(2,31)17-20-9-4-3-5-10-20/h3-5,9-10,15-16,18,23H,6-8,11-14,17,31H2,1-2H3/t23-,30-/m1/s1. The van der Waals surface area contributed by atoms with Crippen molar-refractivity contribution in [3.63, 3.8) is 0 Å². The van der Waals surface area contributed by atoms with Crippen LogP contribution in [0.15, 0.2) is 52.3 Å². The third-order valence-electron chi connectivity index (χ3n) is 7.64. The van der Waals surface area contributed by atoms with Gasteiger partial charge in [-0.05, 0) is 63.6 Å². The molecule has 0 aliphatic carbocycles. The first-order valence-corrected chi connectivity index (χ1v) is 14.9. The molecule has 0 spiro atoms. The van der Waals surface area contributed by atoms with E-state index in [1.54, 1.807) is 28.4 Å². The highest BCUT2D eigenvalue weighted by atomic mass is 32.1. The third-order valence-corrected chi connectivity index (χ3v) is 8.70. The maximum absolute atomic E-state index is 14.0. The van der Waals surface area contributed by atoms with Crippen molar-refractivity contribution >= 4 is 29.0 Å². The number of thiazole rings is 1. The van der Waals surface area contributed by atoms with Crippen LogP contribution in [0.25, 0.3) is 11.6 Å². The molecule has 3 aromatic heterocycles. The van der Waals surface area contributed by atoms with Crippen molar-refractivity contribution in [2.75, 3.05) is 18.0 Å². The molecule has 5 heterocycles. The summed E-state index contributed by atoms with van der Waals surface area (Å²) in [6.07, 6.45) is 4.41. The molecule has 1 aromatic carbocycles. The Morgan fingerprint density at radius 3 is 2.71 bits per heavy atom. The molecule has 212 valence electrons. The Morgan fingerprint density at radius 1 is 1.12 bits per heavy atom. The van der Waals surface area contributed by atoms with Crippen molar-refractivity contribution in [1.82, 2.24) is 25.1 Å². The van der Waals surface area contributed by atoms with Crippen LogP contribution in [0.3, 0.4) is 0 Å². The number of rotatable bonds is 7. The molecule has 2 aliphatic rings. The lowest BCUT2D eigenvalue weighted by atomic mass is 9.94. The Balaban J connectivity index is 1.35. The molecule has 2 fully saturated rings. The summed E-state index contributed by atoms with van der Waals surface area (Å²) >= 11 is 1.58. The van der Waals surface area contributed by atoms with Crippen molar-refractivity contribution in [2.24, 2.45) is 5.73 Å². The molecule has 10 nitrogen and oxygen atoms in total. The van der Waals surface area contributed by atoms with Gasteiger partial charge in [0.15, 0.2) is 0 Å². The lowest BCUT2D eigenvalue weighted by Crippen LogP contribution is -2.36. The fourth-order valence-electron chi connectivity index (χ4n) is 5.55. The van der Waals surface area contributed by atoms with Gasteiger partial charge >= 0.3 is 0 Å². The SMILES string of the molecule is Cc1csc([C@H]2CCCN2C(=O)c2cc(-c3nnc([C@](C)(N)Cc4ccccc4)o3)nc(N3CCCCC3=O)c2)n1. The van der Waals surface area contributed by atoms with Crippen LogP contribution < -0.4 is 10.6 Å². The number of anilines is 1. The third kappa shape index (κ3) is 5.64. The number of likely N-dealkylation sites (tertiary alicyclic amines) is 1. The zero-order valence-electron chi connectivity index (χ0n) is 23.2. The van der Waals surface area contributed by atoms with Gasteiger partial charge in [-0.15, -0.1) is 21.5 Å². The molecule has 0 bridgehead atoms. The number of nitrogens with two attached hydrogens (primary N) is 1. The number of benzene rings is 1. The summed E-state index contributed by atoms with van der Waals surface area (Å²) in [7, 11) is 0. The molecule has 41 heavy (non-hydrogen) atoms. The van der Waals surface area contributed by atoms with E-state index >= 15 is 0 Å². The van der Waals surface area contributed by atoms with Crippen LogP contribution in [0.4, 0.5) is 5.82 Å². The molecule has 2 amide bonds. The molecule has 6 rings (SSSR count). The molecule has 2 aliphatic heterocycles. The number of aromatic nitrogens is 4. The average Bonchev–Trinajstić information content (AvgIpc) is 3.74. The topological polar surface area (TPSA) is 131 Å². The summed E-state index contributed by atoms with van der Waals surface area (Å²) in [5, 5.41) is 11.5. The first-order valence-electron chi connectivity index (χ1n) is 14.0. The highest BCUT2D eigenvalue weighted by Crippen LogP contribution is 2.36. The fourth-order valence-corrected chi connectivity index (χ4v) is 6.49. The Kier molecular flexibility index (Phi) is 7.39. The van der Waals surface area contributed by atoms with Gasteiger partial charge in [0.2, 0.25) is 11.8 Å². The summed E-state index contributed by atoms with van der Waals surface area (Å²) in [5.74, 6) is 0.682. The summed E-state index contributed by atoms with van der Waals surface area (Å²) in [6, 6.07) is 13.2. The Bertz CT molecular complexity index is 1570. The van der Waals surface area contributed by atoms with Gasteiger partial charge in [-0.25, -0.2) is 9.97 Å². The number of nitrogens with zero attached hydrogens (tertiary/aromatic N) is 6. The number of aryl methyl sites for hydroxylation is 1. The van der Waals surface area contributed by atoms with Crippen molar-refractivity contribution < 1.29 is 14.0 Å². The highest BCUT2D eigenvalue weighted by Gasteiger charge is 2.34. The van der Waals surface area contributed by atoms with Crippen LogP contribution in [0, 0.1) is 6.92 Å². The van der Waals surface area contributed by atoms with Gasteiger partial charge in [-0.2, -0.15) is 0 Å². The van der Waals surface area contributed by atoms with Gasteiger partial charge in [0.05, 0.1) is 11.6 Å². The zero-order chi connectivity index (χ0) is 28.6. The number of pyridine rings is 1. The van der Waals surface area contributed by atoms with Crippen LogP contribution in [0.1, 0.15) is 77.6 Å². The largest absolute Gasteiger partial charge is 0.417 e. The van der Waals surface area contributed by atoms with Crippen molar-refractivity contribution in [3.05, 3.63) is 75.6 Å². The summed E-state index contributed by atoms with van der Waals surface area (Å²) in [6.45, 7) is 4.98. The van der Waals surface area contributed by atoms with E-state index in [2.05, 4.69) is 15.2 Å².